The molecule has 0 bridgehead atoms. The van der Waals surface area contributed by atoms with Crippen molar-refractivity contribution in [3.05, 3.63) is 63.6 Å². The quantitative estimate of drug-likeness (QED) is 0.785. The van der Waals surface area contributed by atoms with Crippen molar-refractivity contribution in [3.63, 3.8) is 0 Å². The molecule has 0 saturated carbocycles. The van der Waals surface area contributed by atoms with Crippen LogP contribution in [0.15, 0.2) is 40.9 Å². The predicted octanol–water partition coefficient (Wildman–Crippen LogP) is 3.97. The second-order valence-corrected chi connectivity index (χ2v) is 7.73. The van der Waals surface area contributed by atoms with E-state index < -0.39 is 17.8 Å². The van der Waals surface area contributed by atoms with E-state index in [1.807, 2.05) is 0 Å². The van der Waals surface area contributed by atoms with E-state index in [1.54, 1.807) is 13.0 Å². The first-order valence-corrected chi connectivity index (χ1v) is 9.63. The third-order valence-corrected chi connectivity index (χ3v) is 5.31. The van der Waals surface area contributed by atoms with Gasteiger partial charge in [-0.2, -0.15) is 0 Å². The second-order valence-electron chi connectivity index (χ2n) is 6.81. The highest BCUT2D eigenvalue weighted by Crippen LogP contribution is 2.29. The Labute approximate surface area is 166 Å². The zero-order valence-electron chi connectivity index (χ0n) is 15.3. The Kier molecular flexibility index (Phi) is 6.11. The molecule has 1 saturated heterocycles. The first-order chi connectivity index (χ1) is 12.8. The van der Waals surface area contributed by atoms with Gasteiger partial charge in [-0.25, -0.2) is 8.78 Å². The average molecular weight is 438 g/mol. The molecule has 0 spiro atoms. The molecule has 0 aliphatic carbocycles. The van der Waals surface area contributed by atoms with E-state index in [1.165, 1.54) is 30.3 Å². The molecule has 1 aliphatic rings. The lowest BCUT2D eigenvalue weighted by atomic mass is 10.0. The lowest BCUT2D eigenvalue weighted by molar-refractivity contribution is 0.0935. The van der Waals surface area contributed by atoms with Gasteiger partial charge in [-0.1, -0.05) is 15.9 Å². The van der Waals surface area contributed by atoms with Crippen LogP contribution in [0.3, 0.4) is 0 Å². The summed E-state index contributed by atoms with van der Waals surface area (Å²) in [5.74, 6) is -1.49. The van der Waals surface area contributed by atoms with Crippen molar-refractivity contribution in [3.8, 4) is 0 Å². The van der Waals surface area contributed by atoms with Crippen LogP contribution in [0.5, 0.6) is 0 Å². The molecule has 7 heteroatoms. The number of amides is 1. The molecule has 1 amide bonds. The number of benzene rings is 2. The lowest BCUT2D eigenvalue weighted by Gasteiger charge is -2.36. The molecule has 2 aromatic rings. The first kappa shape index (κ1) is 19.8. The summed E-state index contributed by atoms with van der Waals surface area (Å²) in [6.07, 6.45) is 0. The van der Waals surface area contributed by atoms with Crippen LogP contribution >= 0.6 is 15.9 Å². The van der Waals surface area contributed by atoms with Gasteiger partial charge in [0, 0.05) is 41.9 Å². The number of likely N-dealkylation sites (N-methyl/N-ethyl adjacent to an activating group) is 1. The summed E-state index contributed by atoms with van der Waals surface area (Å²) in [5.41, 5.74) is 1.53. The molecular formula is C20H22BrF2N3O. The van der Waals surface area contributed by atoms with Gasteiger partial charge >= 0.3 is 0 Å². The maximum absolute atomic E-state index is 14.0. The molecule has 1 fully saturated rings. The number of anilines is 1. The third kappa shape index (κ3) is 4.65. The van der Waals surface area contributed by atoms with E-state index in [2.05, 4.69) is 38.1 Å². The number of hydrogen-bond donors (Lipinski definition) is 1. The normalized spacial score (nSPS) is 16.3. The van der Waals surface area contributed by atoms with Gasteiger partial charge in [-0.3, -0.25) is 4.79 Å². The first-order valence-electron chi connectivity index (χ1n) is 8.84. The molecule has 144 valence electrons. The van der Waals surface area contributed by atoms with Crippen molar-refractivity contribution in [2.45, 2.75) is 13.0 Å². The second kappa shape index (κ2) is 8.35. The summed E-state index contributed by atoms with van der Waals surface area (Å²) >= 11 is 3.25. The minimum atomic E-state index is -0.596. The number of nitrogens with one attached hydrogen (secondary N) is 1. The van der Waals surface area contributed by atoms with Gasteiger partial charge in [0.25, 0.3) is 5.91 Å². The number of halogens is 3. The molecular weight excluding hydrogens is 416 g/mol. The minimum absolute atomic E-state index is 0.0474. The van der Waals surface area contributed by atoms with Crippen LogP contribution in [-0.2, 0) is 0 Å². The van der Waals surface area contributed by atoms with Gasteiger partial charge in [0.2, 0.25) is 0 Å². The molecule has 1 N–H and O–H groups in total. The minimum Gasteiger partial charge on any atom is -0.369 e. The molecule has 0 aromatic heterocycles. The van der Waals surface area contributed by atoms with Crippen molar-refractivity contribution in [2.75, 3.05) is 38.1 Å². The standard InChI is InChI=1S/C20H22BrF2N3O/c1-13(24-20(27)17-11-14(21)3-5-18(17)23)16-12-15(22)4-6-19(16)26-9-7-25(2)8-10-26/h3-6,11-13H,7-10H2,1-2H3,(H,24,27). The van der Waals surface area contributed by atoms with Crippen molar-refractivity contribution >= 4 is 27.5 Å². The number of hydrogen-bond acceptors (Lipinski definition) is 3. The lowest BCUT2D eigenvalue weighted by Crippen LogP contribution is -2.45. The molecule has 1 atom stereocenters. The van der Waals surface area contributed by atoms with Crippen molar-refractivity contribution in [1.82, 2.24) is 10.2 Å². The molecule has 3 rings (SSSR count). The van der Waals surface area contributed by atoms with Gasteiger partial charge in [0.05, 0.1) is 11.6 Å². The van der Waals surface area contributed by atoms with Crippen molar-refractivity contribution in [2.24, 2.45) is 0 Å². The smallest absolute Gasteiger partial charge is 0.254 e. The van der Waals surface area contributed by atoms with Gasteiger partial charge in [0.1, 0.15) is 11.6 Å². The molecule has 1 heterocycles. The summed E-state index contributed by atoms with van der Waals surface area (Å²) in [7, 11) is 2.07. The average Bonchev–Trinajstić information content (AvgIpc) is 2.64. The fourth-order valence-electron chi connectivity index (χ4n) is 3.23. The van der Waals surface area contributed by atoms with Gasteiger partial charge < -0.3 is 15.1 Å². The summed E-state index contributed by atoms with van der Waals surface area (Å²) in [6, 6.07) is 8.36. The zero-order valence-corrected chi connectivity index (χ0v) is 16.9. The number of piperazine rings is 1. The van der Waals surface area contributed by atoms with Crippen LogP contribution in [0.2, 0.25) is 0 Å². The Morgan fingerprint density at radius 1 is 1.11 bits per heavy atom. The van der Waals surface area contributed by atoms with Crippen LogP contribution in [0, 0.1) is 11.6 Å². The molecule has 1 aliphatic heterocycles. The fourth-order valence-corrected chi connectivity index (χ4v) is 3.59. The van der Waals surface area contributed by atoms with E-state index in [-0.39, 0.29) is 11.4 Å². The van der Waals surface area contributed by atoms with Crippen LogP contribution < -0.4 is 10.2 Å². The zero-order chi connectivity index (χ0) is 19.6. The van der Waals surface area contributed by atoms with Crippen LogP contribution in [0.1, 0.15) is 28.9 Å². The van der Waals surface area contributed by atoms with E-state index in [4.69, 9.17) is 0 Å². The highest BCUT2D eigenvalue weighted by Gasteiger charge is 2.22. The molecule has 0 radical (unpaired) electrons. The summed E-state index contributed by atoms with van der Waals surface area (Å²) < 4.78 is 28.5. The maximum Gasteiger partial charge on any atom is 0.254 e. The topological polar surface area (TPSA) is 35.6 Å². The SMILES string of the molecule is CC(NC(=O)c1cc(Br)ccc1F)c1cc(F)ccc1N1CCN(C)CC1. The molecule has 27 heavy (non-hydrogen) atoms. The van der Waals surface area contributed by atoms with Crippen LogP contribution in [0.25, 0.3) is 0 Å². The van der Waals surface area contributed by atoms with Crippen LogP contribution in [-0.4, -0.2) is 44.0 Å². The fraction of sp³-hybridized carbons (Fsp3) is 0.350. The molecule has 2 aromatic carbocycles. The van der Waals surface area contributed by atoms with E-state index >= 15 is 0 Å². The van der Waals surface area contributed by atoms with Gasteiger partial charge in [-0.15, -0.1) is 0 Å². The Morgan fingerprint density at radius 2 is 1.81 bits per heavy atom. The molecule has 4 nitrogen and oxygen atoms in total. The summed E-state index contributed by atoms with van der Waals surface area (Å²) in [4.78, 5) is 17.0. The summed E-state index contributed by atoms with van der Waals surface area (Å²) in [5, 5.41) is 2.79. The maximum atomic E-state index is 14.0. The van der Waals surface area contributed by atoms with E-state index in [0.29, 0.717) is 10.0 Å². The summed E-state index contributed by atoms with van der Waals surface area (Å²) in [6.45, 7) is 5.27. The number of nitrogens with zero attached hydrogens (tertiary/aromatic N) is 2. The van der Waals surface area contributed by atoms with Gasteiger partial charge in [0.15, 0.2) is 0 Å². The van der Waals surface area contributed by atoms with Crippen LogP contribution in [0.4, 0.5) is 14.5 Å². The Morgan fingerprint density at radius 3 is 2.52 bits per heavy atom. The predicted molar refractivity (Wildman–Crippen MR) is 106 cm³/mol. The van der Waals surface area contributed by atoms with Gasteiger partial charge in [-0.05, 0) is 50.4 Å². The van der Waals surface area contributed by atoms with Crippen molar-refractivity contribution in [1.29, 1.82) is 0 Å². The third-order valence-electron chi connectivity index (χ3n) is 4.82. The van der Waals surface area contributed by atoms with E-state index in [0.717, 1.165) is 31.9 Å². The highest BCUT2D eigenvalue weighted by atomic mass is 79.9. The highest BCUT2D eigenvalue weighted by molar-refractivity contribution is 9.10. The largest absolute Gasteiger partial charge is 0.369 e. The number of carbonyl (C=O) groups is 1. The molecule has 1 unspecified atom stereocenters. The number of carbonyl (C=O) groups excluding carboxylic acids is 1. The number of rotatable bonds is 4. The Bertz CT molecular complexity index is 838. The monoisotopic (exact) mass is 437 g/mol. The Hall–Kier alpha value is -1.99. The van der Waals surface area contributed by atoms with E-state index in [9.17, 15) is 13.6 Å². The van der Waals surface area contributed by atoms with Crippen molar-refractivity contribution < 1.29 is 13.6 Å². The Balaban J connectivity index is 1.83.